The second kappa shape index (κ2) is 9.77. The van der Waals surface area contributed by atoms with Crippen molar-refractivity contribution in [3.05, 3.63) is 130 Å². The van der Waals surface area contributed by atoms with Crippen molar-refractivity contribution >= 4 is 11.6 Å². The van der Waals surface area contributed by atoms with E-state index in [0.717, 1.165) is 16.7 Å². The largest absolute Gasteiger partial charge is 0.285 e. The van der Waals surface area contributed by atoms with Gasteiger partial charge in [0.15, 0.2) is 0 Å². The first-order chi connectivity index (χ1) is 15.7. The molecule has 0 unspecified atom stereocenters. The minimum absolute atomic E-state index is 0.0714. The van der Waals surface area contributed by atoms with Crippen LogP contribution in [0.15, 0.2) is 114 Å². The monoisotopic (exact) mass is 408 g/mol. The average molecular weight is 408 g/mol. The van der Waals surface area contributed by atoms with E-state index in [1.165, 1.54) is 6.08 Å². The minimum atomic E-state index is -0.670. The Balaban J connectivity index is 1.85. The SMILES string of the molecule is O=C1C=C(C#Cc2ccccc2)C(C#Cc2ccccc2)=C(C#Cc2ccccc2)C1=O. The van der Waals surface area contributed by atoms with E-state index in [1.807, 2.05) is 91.0 Å². The van der Waals surface area contributed by atoms with Crippen molar-refractivity contribution in [1.29, 1.82) is 0 Å². The summed E-state index contributed by atoms with van der Waals surface area (Å²) in [6.45, 7) is 0. The zero-order valence-corrected chi connectivity index (χ0v) is 17.1. The molecule has 0 fully saturated rings. The van der Waals surface area contributed by atoms with Crippen LogP contribution >= 0.6 is 0 Å². The summed E-state index contributed by atoms with van der Waals surface area (Å²) in [5.41, 5.74) is 3.15. The Morgan fingerprint density at radius 1 is 0.438 bits per heavy atom. The van der Waals surface area contributed by atoms with Gasteiger partial charge in [0, 0.05) is 28.3 Å². The molecule has 32 heavy (non-hydrogen) atoms. The van der Waals surface area contributed by atoms with E-state index in [0.29, 0.717) is 11.1 Å². The molecule has 0 radical (unpaired) electrons. The second-order valence-electron chi connectivity index (χ2n) is 6.85. The van der Waals surface area contributed by atoms with E-state index in [4.69, 9.17) is 0 Å². The maximum atomic E-state index is 12.7. The van der Waals surface area contributed by atoms with Crippen molar-refractivity contribution in [2.75, 3.05) is 0 Å². The van der Waals surface area contributed by atoms with Crippen molar-refractivity contribution in [2.45, 2.75) is 0 Å². The zero-order valence-electron chi connectivity index (χ0n) is 17.1. The molecule has 0 aromatic heterocycles. The topological polar surface area (TPSA) is 34.1 Å². The first-order valence-corrected chi connectivity index (χ1v) is 9.97. The lowest BCUT2D eigenvalue weighted by Crippen LogP contribution is -2.20. The third kappa shape index (κ3) is 5.01. The number of hydrogen-bond acceptors (Lipinski definition) is 2. The fourth-order valence-corrected chi connectivity index (χ4v) is 2.96. The summed E-state index contributed by atoms with van der Waals surface area (Å²) in [5.74, 6) is 16.7. The maximum Gasteiger partial charge on any atom is 0.242 e. The number of rotatable bonds is 0. The van der Waals surface area contributed by atoms with Crippen molar-refractivity contribution in [2.24, 2.45) is 0 Å². The first-order valence-electron chi connectivity index (χ1n) is 9.97. The minimum Gasteiger partial charge on any atom is -0.285 e. The van der Waals surface area contributed by atoms with Crippen LogP contribution in [0.5, 0.6) is 0 Å². The molecule has 4 rings (SSSR count). The fourth-order valence-electron chi connectivity index (χ4n) is 2.96. The quantitative estimate of drug-likeness (QED) is 0.311. The third-order valence-corrected chi connectivity index (χ3v) is 4.57. The first kappa shape index (κ1) is 20.4. The van der Waals surface area contributed by atoms with E-state index in [9.17, 15) is 9.59 Å². The third-order valence-electron chi connectivity index (χ3n) is 4.57. The Hall–Kier alpha value is -4.84. The van der Waals surface area contributed by atoms with Gasteiger partial charge >= 0.3 is 0 Å². The summed E-state index contributed by atoms with van der Waals surface area (Å²) < 4.78 is 0. The van der Waals surface area contributed by atoms with E-state index >= 15 is 0 Å². The fraction of sp³-hybridized carbons (Fsp3) is 0. The normalized spacial score (nSPS) is 12.4. The molecule has 1 aliphatic rings. The Kier molecular flexibility index (Phi) is 6.24. The van der Waals surface area contributed by atoms with Gasteiger partial charge in [-0.1, -0.05) is 90.1 Å². The molecule has 0 saturated heterocycles. The second-order valence-corrected chi connectivity index (χ2v) is 6.85. The molecule has 0 atom stereocenters. The van der Waals surface area contributed by atoms with Crippen LogP contribution in [0.1, 0.15) is 16.7 Å². The van der Waals surface area contributed by atoms with Crippen molar-refractivity contribution in [3.8, 4) is 35.5 Å². The van der Waals surface area contributed by atoms with Crippen LogP contribution in [-0.4, -0.2) is 11.6 Å². The molecule has 3 aromatic rings. The standard InChI is InChI=1S/C30H16O2/c31-29-22-26(19-16-23-10-4-1-5-11-23)27(20-17-24-12-6-2-7-13-24)28(30(29)32)21-18-25-14-8-3-9-15-25/h1-15,22H. The number of carbonyl (C=O) groups is 2. The van der Waals surface area contributed by atoms with Crippen LogP contribution in [0, 0.1) is 35.5 Å². The lowest BCUT2D eigenvalue weighted by atomic mass is 9.89. The van der Waals surface area contributed by atoms with Gasteiger partial charge in [-0.25, -0.2) is 0 Å². The number of benzene rings is 3. The lowest BCUT2D eigenvalue weighted by molar-refractivity contribution is -0.131. The molecule has 0 saturated carbocycles. The summed E-state index contributed by atoms with van der Waals surface area (Å²) >= 11 is 0. The van der Waals surface area contributed by atoms with Gasteiger partial charge in [0.2, 0.25) is 11.6 Å². The molecule has 3 aromatic carbocycles. The van der Waals surface area contributed by atoms with Crippen LogP contribution in [0.2, 0.25) is 0 Å². The molecule has 2 nitrogen and oxygen atoms in total. The van der Waals surface area contributed by atoms with Crippen LogP contribution in [0.3, 0.4) is 0 Å². The maximum absolute atomic E-state index is 12.7. The molecular weight excluding hydrogens is 392 g/mol. The molecule has 0 aliphatic heterocycles. The molecular formula is C30H16O2. The van der Waals surface area contributed by atoms with Gasteiger partial charge < -0.3 is 0 Å². The van der Waals surface area contributed by atoms with Crippen molar-refractivity contribution < 1.29 is 9.59 Å². The molecule has 0 heterocycles. The lowest BCUT2D eigenvalue weighted by Gasteiger charge is -2.09. The number of carbonyl (C=O) groups excluding carboxylic acids is 2. The van der Waals surface area contributed by atoms with Gasteiger partial charge in [-0.3, -0.25) is 9.59 Å². The predicted octanol–water partition coefficient (Wildman–Crippen LogP) is 4.52. The Bertz CT molecular complexity index is 1420. The molecule has 0 amide bonds. The highest BCUT2D eigenvalue weighted by Crippen LogP contribution is 2.21. The highest BCUT2D eigenvalue weighted by molar-refractivity contribution is 6.50. The molecule has 2 heteroatoms. The molecule has 1 aliphatic carbocycles. The van der Waals surface area contributed by atoms with Crippen LogP contribution < -0.4 is 0 Å². The van der Waals surface area contributed by atoms with Crippen molar-refractivity contribution in [3.63, 3.8) is 0 Å². The Morgan fingerprint density at radius 3 is 1.31 bits per heavy atom. The van der Waals surface area contributed by atoms with E-state index in [2.05, 4.69) is 35.5 Å². The number of hydrogen-bond donors (Lipinski definition) is 0. The zero-order chi connectivity index (χ0) is 22.2. The van der Waals surface area contributed by atoms with Crippen molar-refractivity contribution in [1.82, 2.24) is 0 Å². The van der Waals surface area contributed by atoms with Gasteiger partial charge in [-0.05, 0) is 36.4 Å². The van der Waals surface area contributed by atoms with Gasteiger partial charge in [0.1, 0.15) is 0 Å². The summed E-state index contributed by atoms with van der Waals surface area (Å²) in [7, 11) is 0. The summed E-state index contributed by atoms with van der Waals surface area (Å²) in [4.78, 5) is 25.1. The molecule has 0 spiro atoms. The van der Waals surface area contributed by atoms with Crippen LogP contribution in [0.4, 0.5) is 0 Å². The highest BCUT2D eigenvalue weighted by Gasteiger charge is 2.26. The molecule has 0 N–H and O–H groups in total. The van der Waals surface area contributed by atoms with E-state index in [1.54, 1.807) is 0 Å². The molecule has 0 bridgehead atoms. The number of Topliss-reactive ketones (excluding diaryl/α,β-unsaturated/α-hetero) is 1. The van der Waals surface area contributed by atoms with Gasteiger partial charge in [0.25, 0.3) is 0 Å². The van der Waals surface area contributed by atoms with Gasteiger partial charge in [0.05, 0.1) is 11.1 Å². The highest BCUT2D eigenvalue weighted by atomic mass is 16.2. The summed E-state index contributed by atoms with van der Waals surface area (Å²) in [6, 6.07) is 28.1. The molecule has 148 valence electrons. The van der Waals surface area contributed by atoms with Gasteiger partial charge in [-0.15, -0.1) is 0 Å². The average Bonchev–Trinajstić information content (AvgIpc) is 2.85. The Morgan fingerprint density at radius 2 is 0.844 bits per heavy atom. The Labute approximate surface area is 187 Å². The predicted molar refractivity (Wildman–Crippen MR) is 125 cm³/mol. The summed E-state index contributed by atoms with van der Waals surface area (Å²) in [5, 5.41) is 0. The number of ketones is 2. The van der Waals surface area contributed by atoms with E-state index in [-0.39, 0.29) is 5.57 Å². The smallest absolute Gasteiger partial charge is 0.242 e. The van der Waals surface area contributed by atoms with Crippen LogP contribution in [0.25, 0.3) is 0 Å². The van der Waals surface area contributed by atoms with E-state index < -0.39 is 11.6 Å². The van der Waals surface area contributed by atoms with Crippen LogP contribution in [-0.2, 0) is 9.59 Å². The number of allylic oxidation sites excluding steroid dienone is 4. The summed E-state index contributed by atoms with van der Waals surface area (Å²) in [6.07, 6.45) is 1.25. The van der Waals surface area contributed by atoms with Gasteiger partial charge in [-0.2, -0.15) is 0 Å².